The van der Waals surface area contributed by atoms with E-state index in [4.69, 9.17) is 11.6 Å². The van der Waals surface area contributed by atoms with Crippen molar-refractivity contribution in [3.63, 3.8) is 0 Å². The standard InChI is InChI=1S/C13H12Br2ClN3/c1-2-5-17-13-11(15)7-18-12(19-13)9-6-8(16)3-4-10(9)14/h3-4,6-7H,2,5H2,1H3,(H,17,18,19). The van der Waals surface area contributed by atoms with Gasteiger partial charge in [-0.25, -0.2) is 9.97 Å². The van der Waals surface area contributed by atoms with Gasteiger partial charge in [0.1, 0.15) is 5.82 Å². The Bertz CT molecular complexity index is 590. The largest absolute Gasteiger partial charge is 0.369 e. The molecule has 0 fully saturated rings. The number of nitrogens with zero attached hydrogens (tertiary/aromatic N) is 2. The number of hydrogen-bond acceptors (Lipinski definition) is 3. The summed E-state index contributed by atoms with van der Waals surface area (Å²) in [4.78, 5) is 8.86. The van der Waals surface area contributed by atoms with Gasteiger partial charge in [0.15, 0.2) is 5.82 Å². The molecule has 0 aliphatic rings. The van der Waals surface area contributed by atoms with Crippen LogP contribution in [0.1, 0.15) is 13.3 Å². The molecule has 1 aromatic heterocycles. The van der Waals surface area contributed by atoms with Crippen molar-refractivity contribution in [3.8, 4) is 11.4 Å². The first-order chi connectivity index (χ1) is 9.11. The lowest BCUT2D eigenvalue weighted by Crippen LogP contribution is -2.04. The fraction of sp³-hybridized carbons (Fsp3) is 0.231. The van der Waals surface area contributed by atoms with Crippen LogP contribution in [0, 0.1) is 0 Å². The van der Waals surface area contributed by atoms with Gasteiger partial charge in [-0.3, -0.25) is 0 Å². The molecule has 0 aliphatic carbocycles. The van der Waals surface area contributed by atoms with Crippen LogP contribution in [-0.4, -0.2) is 16.5 Å². The average Bonchev–Trinajstić information content (AvgIpc) is 2.41. The van der Waals surface area contributed by atoms with E-state index in [-0.39, 0.29) is 0 Å². The third-order valence-corrected chi connectivity index (χ3v) is 3.96. The van der Waals surface area contributed by atoms with Gasteiger partial charge in [-0.2, -0.15) is 0 Å². The highest BCUT2D eigenvalue weighted by Crippen LogP contribution is 2.30. The van der Waals surface area contributed by atoms with E-state index in [1.54, 1.807) is 6.20 Å². The topological polar surface area (TPSA) is 37.8 Å². The van der Waals surface area contributed by atoms with Gasteiger partial charge in [0.2, 0.25) is 0 Å². The SMILES string of the molecule is CCCNc1nc(-c2cc(Cl)ccc2Br)ncc1Br. The number of aromatic nitrogens is 2. The minimum Gasteiger partial charge on any atom is -0.369 e. The van der Waals surface area contributed by atoms with Gasteiger partial charge in [0.25, 0.3) is 0 Å². The van der Waals surface area contributed by atoms with Crippen LogP contribution in [0.25, 0.3) is 11.4 Å². The van der Waals surface area contributed by atoms with Crippen molar-refractivity contribution < 1.29 is 0 Å². The third kappa shape index (κ3) is 3.68. The first kappa shape index (κ1) is 14.8. The average molecular weight is 406 g/mol. The zero-order chi connectivity index (χ0) is 13.8. The van der Waals surface area contributed by atoms with Crippen molar-refractivity contribution in [2.24, 2.45) is 0 Å². The summed E-state index contributed by atoms with van der Waals surface area (Å²) in [5, 5.41) is 3.92. The van der Waals surface area contributed by atoms with Crippen LogP contribution in [0.4, 0.5) is 5.82 Å². The summed E-state index contributed by atoms with van der Waals surface area (Å²) in [5.74, 6) is 1.43. The number of benzene rings is 1. The van der Waals surface area contributed by atoms with Crippen LogP contribution in [-0.2, 0) is 0 Å². The summed E-state index contributed by atoms with van der Waals surface area (Å²) in [6.07, 6.45) is 2.78. The van der Waals surface area contributed by atoms with Crippen molar-refractivity contribution in [1.29, 1.82) is 0 Å². The zero-order valence-electron chi connectivity index (χ0n) is 10.3. The van der Waals surface area contributed by atoms with Crippen molar-refractivity contribution in [2.75, 3.05) is 11.9 Å². The molecule has 0 atom stereocenters. The summed E-state index contributed by atoms with van der Waals surface area (Å²) in [5.41, 5.74) is 0.875. The van der Waals surface area contributed by atoms with Crippen LogP contribution >= 0.6 is 43.5 Å². The van der Waals surface area contributed by atoms with Crippen LogP contribution in [0.2, 0.25) is 5.02 Å². The van der Waals surface area contributed by atoms with Crippen LogP contribution < -0.4 is 5.32 Å². The molecule has 2 aromatic rings. The molecule has 19 heavy (non-hydrogen) atoms. The first-order valence-corrected chi connectivity index (χ1v) is 7.80. The van der Waals surface area contributed by atoms with E-state index >= 15 is 0 Å². The van der Waals surface area contributed by atoms with Gasteiger partial charge in [-0.15, -0.1) is 0 Å². The quantitative estimate of drug-likeness (QED) is 0.765. The maximum absolute atomic E-state index is 6.02. The summed E-state index contributed by atoms with van der Waals surface area (Å²) >= 11 is 13.0. The lowest BCUT2D eigenvalue weighted by atomic mass is 10.2. The molecule has 1 aromatic carbocycles. The Morgan fingerprint density at radius 1 is 1.26 bits per heavy atom. The molecule has 0 bridgehead atoms. The molecule has 100 valence electrons. The van der Waals surface area contributed by atoms with Crippen molar-refractivity contribution in [1.82, 2.24) is 9.97 Å². The van der Waals surface area contributed by atoms with Crippen molar-refractivity contribution in [3.05, 3.63) is 38.4 Å². The minimum absolute atomic E-state index is 0.635. The zero-order valence-corrected chi connectivity index (χ0v) is 14.2. The molecular weight excluding hydrogens is 393 g/mol. The molecule has 6 heteroatoms. The molecule has 1 heterocycles. The molecule has 0 unspecified atom stereocenters. The van der Waals surface area contributed by atoms with Gasteiger partial charge in [-0.1, -0.05) is 34.5 Å². The fourth-order valence-electron chi connectivity index (χ4n) is 1.53. The number of rotatable bonds is 4. The van der Waals surface area contributed by atoms with E-state index in [2.05, 4.69) is 54.1 Å². The Balaban J connectivity index is 2.42. The van der Waals surface area contributed by atoms with Gasteiger partial charge in [-0.05, 0) is 40.5 Å². The third-order valence-electron chi connectivity index (χ3n) is 2.46. The highest BCUT2D eigenvalue weighted by molar-refractivity contribution is 9.11. The van der Waals surface area contributed by atoms with E-state index < -0.39 is 0 Å². The van der Waals surface area contributed by atoms with Gasteiger partial charge in [0, 0.05) is 27.8 Å². The highest BCUT2D eigenvalue weighted by atomic mass is 79.9. The lowest BCUT2D eigenvalue weighted by Gasteiger charge is -2.09. The second-order valence-electron chi connectivity index (χ2n) is 3.94. The summed E-state index contributed by atoms with van der Waals surface area (Å²) < 4.78 is 1.77. The van der Waals surface area contributed by atoms with E-state index in [9.17, 15) is 0 Å². The Hall–Kier alpha value is -0.650. The molecule has 0 amide bonds. The highest BCUT2D eigenvalue weighted by Gasteiger charge is 2.10. The first-order valence-electron chi connectivity index (χ1n) is 5.83. The van der Waals surface area contributed by atoms with E-state index in [1.165, 1.54) is 0 Å². The van der Waals surface area contributed by atoms with Crippen LogP contribution in [0.3, 0.4) is 0 Å². The maximum atomic E-state index is 6.02. The molecular formula is C13H12Br2ClN3. The van der Waals surface area contributed by atoms with E-state index in [0.717, 1.165) is 33.3 Å². The number of halogens is 3. The second-order valence-corrected chi connectivity index (χ2v) is 6.09. The molecule has 0 saturated carbocycles. The summed E-state index contributed by atoms with van der Waals surface area (Å²) in [7, 11) is 0. The molecule has 2 rings (SSSR count). The molecule has 3 nitrogen and oxygen atoms in total. The fourth-order valence-corrected chi connectivity index (χ4v) is 2.46. The molecule has 0 saturated heterocycles. The van der Waals surface area contributed by atoms with E-state index in [0.29, 0.717) is 10.8 Å². The van der Waals surface area contributed by atoms with Gasteiger partial charge >= 0.3 is 0 Å². The molecule has 0 spiro atoms. The maximum Gasteiger partial charge on any atom is 0.162 e. The van der Waals surface area contributed by atoms with Crippen molar-refractivity contribution in [2.45, 2.75) is 13.3 Å². The van der Waals surface area contributed by atoms with E-state index in [1.807, 2.05) is 18.2 Å². The predicted molar refractivity (Wildman–Crippen MR) is 86.7 cm³/mol. The predicted octanol–water partition coefficient (Wildman–Crippen LogP) is 5.14. The number of hydrogen-bond donors (Lipinski definition) is 1. The lowest BCUT2D eigenvalue weighted by molar-refractivity contribution is 0.963. The minimum atomic E-state index is 0.635. The van der Waals surface area contributed by atoms with Crippen molar-refractivity contribution >= 4 is 49.3 Å². The Morgan fingerprint density at radius 2 is 2.05 bits per heavy atom. The number of nitrogens with one attached hydrogen (secondary N) is 1. The Kier molecular flexibility index (Phi) is 5.19. The molecule has 1 N–H and O–H groups in total. The Morgan fingerprint density at radius 3 is 2.79 bits per heavy atom. The monoisotopic (exact) mass is 403 g/mol. The smallest absolute Gasteiger partial charge is 0.162 e. The number of anilines is 1. The van der Waals surface area contributed by atoms with Crippen LogP contribution in [0.15, 0.2) is 33.3 Å². The second kappa shape index (κ2) is 6.68. The molecule has 0 radical (unpaired) electrons. The van der Waals surface area contributed by atoms with Crippen LogP contribution in [0.5, 0.6) is 0 Å². The van der Waals surface area contributed by atoms with Gasteiger partial charge < -0.3 is 5.32 Å². The summed E-state index contributed by atoms with van der Waals surface area (Å²) in [6.45, 7) is 2.97. The van der Waals surface area contributed by atoms with Gasteiger partial charge in [0.05, 0.1) is 4.47 Å². The summed E-state index contributed by atoms with van der Waals surface area (Å²) in [6, 6.07) is 5.56. The normalized spacial score (nSPS) is 10.5. The Labute approximate surface area is 134 Å². The molecule has 0 aliphatic heterocycles.